The van der Waals surface area contributed by atoms with E-state index in [0.29, 0.717) is 22.7 Å². The lowest BCUT2D eigenvalue weighted by Crippen LogP contribution is -2.46. The molecule has 0 radical (unpaired) electrons. The van der Waals surface area contributed by atoms with E-state index in [0.717, 1.165) is 21.4 Å². The van der Waals surface area contributed by atoms with Crippen LogP contribution in [0.3, 0.4) is 0 Å². The van der Waals surface area contributed by atoms with E-state index in [1.54, 1.807) is 48.5 Å². The Balaban J connectivity index is 1.49. The Morgan fingerprint density at radius 3 is 2.32 bits per heavy atom. The van der Waals surface area contributed by atoms with Gasteiger partial charge in [-0.3, -0.25) is 14.2 Å². The molecule has 1 aliphatic heterocycles. The number of ether oxygens (including phenoxy) is 2. The fourth-order valence-electron chi connectivity index (χ4n) is 3.83. The Bertz CT molecular complexity index is 1610. The summed E-state index contributed by atoms with van der Waals surface area (Å²) in [4.78, 5) is 39.5. The molecule has 38 heavy (non-hydrogen) atoms. The van der Waals surface area contributed by atoms with Crippen molar-refractivity contribution in [3.8, 4) is 17.2 Å². The van der Waals surface area contributed by atoms with Crippen molar-refractivity contribution in [2.24, 2.45) is 0 Å². The van der Waals surface area contributed by atoms with E-state index in [-0.39, 0.29) is 25.4 Å². The largest absolute Gasteiger partial charge is 0.454 e. The molecular formula is C26H19F3N4O5. The summed E-state index contributed by atoms with van der Waals surface area (Å²) in [6.45, 7) is -0.248. The van der Waals surface area contributed by atoms with Crippen LogP contribution in [0.15, 0.2) is 82.4 Å². The molecule has 0 spiro atoms. The minimum Gasteiger partial charge on any atom is -0.454 e. The number of amides is 1. The highest BCUT2D eigenvalue weighted by Crippen LogP contribution is 2.32. The zero-order chi connectivity index (χ0) is 26.9. The van der Waals surface area contributed by atoms with Gasteiger partial charge in [-0.2, -0.15) is 23.0 Å². The minimum atomic E-state index is -4.53. The number of hydrogen-bond acceptors (Lipinski definition) is 6. The molecule has 0 atom stereocenters. The summed E-state index contributed by atoms with van der Waals surface area (Å²) in [5, 5.41) is 6.64. The maximum Gasteiger partial charge on any atom is 0.416 e. The molecule has 0 bridgehead atoms. The van der Waals surface area contributed by atoms with Gasteiger partial charge < -0.3 is 14.8 Å². The molecule has 1 aromatic heterocycles. The SMILES string of the molecule is O=C(NCc1ccc2c(c1)OCO2)c1nn(-c2ccccc2)c(=O)n(Cc2ccc(C(F)(F)F)cc2)c1=O. The van der Waals surface area contributed by atoms with E-state index >= 15 is 0 Å². The molecule has 0 saturated heterocycles. The van der Waals surface area contributed by atoms with E-state index in [4.69, 9.17) is 9.47 Å². The van der Waals surface area contributed by atoms with E-state index < -0.39 is 34.6 Å². The molecule has 0 aliphatic carbocycles. The third kappa shape index (κ3) is 5.01. The number of alkyl halides is 3. The smallest absolute Gasteiger partial charge is 0.416 e. The van der Waals surface area contributed by atoms with Gasteiger partial charge in [0.05, 0.1) is 17.8 Å². The fraction of sp³-hybridized carbons (Fsp3) is 0.154. The topological polar surface area (TPSA) is 104 Å². The van der Waals surface area contributed by atoms with E-state index in [2.05, 4.69) is 10.4 Å². The maximum absolute atomic E-state index is 13.2. The van der Waals surface area contributed by atoms with Crippen molar-refractivity contribution in [3.63, 3.8) is 0 Å². The minimum absolute atomic E-state index is 0.0277. The lowest BCUT2D eigenvalue weighted by atomic mass is 10.1. The Labute approximate surface area is 212 Å². The Morgan fingerprint density at radius 1 is 0.921 bits per heavy atom. The third-order valence-corrected chi connectivity index (χ3v) is 5.79. The molecule has 9 nitrogen and oxygen atoms in total. The molecule has 12 heteroatoms. The van der Waals surface area contributed by atoms with Crippen LogP contribution < -0.4 is 26.0 Å². The maximum atomic E-state index is 13.2. The number of rotatable bonds is 6. The second-order valence-corrected chi connectivity index (χ2v) is 8.33. The second-order valence-electron chi connectivity index (χ2n) is 8.33. The van der Waals surface area contributed by atoms with Gasteiger partial charge in [-0.1, -0.05) is 36.4 Å². The summed E-state index contributed by atoms with van der Waals surface area (Å²) in [6.07, 6.45) is -4.53. The Hall–Kier alpha value is -4.87. The van der Waals surface area contributed by atoms with Crippen molar-refractivity contribution in [1.29, 1.82) is 0 Å². The van der Waals surface area contributed by atoms with Crippen LogP contribution in [0.1, 0.15) is 27.2 Å². The summed E-state index contributed by atoms with van der Waals surface area (Å²) < 4.78 is 51.1. The summed E-state index contributed by atoms with van der Waals surface area (Å²) in [6, 6.07) is 17.3. The number of para-hydroxylation sites is 1. The lowest BCUT2D eigenvalue weighted by molar-refractivity contribution is -0.137. The fourth-order valence-corrected chi connectivity index (χ4v) is 3.83. The number of carbonyl (C=O) groups excluding carboxylic acids is 1. The number of fused-ring (bicyclic) bond motifs is 1. The highest BCUT2D eigenvalue weighted by Gasteiger charge is 2.30. The average Bonchev–Trinajstić information content (AvgIpc) is 3.38. The van der Waals surface area contributed by atoms with Gasteiger partial charge in [-0.05, 0) is 47.5 Å². The van der Waals surface area contributed by atoms with Crippen molar-refractivity contribution in [3.05, 3.63) is 116 Å². The standard InChI is InChI=1S/C26H19F3N4O5/c27-26(28,29)18-9-6-16(7-10-18)14-32-24(35)22(31-33(25(32)36)19-4-2-1-3-5-19)23(34)30-13-17-8-11-20-21(12-17)38-15-37-20/h1-12H,13-15H2,(H,30,34). The van der Waals surface area contributed by atoms with Crippen LogP contribution in [0, 0.1) is 0 Å². The van der Waals surface area contributed by atoms with Crippen molar-refractivity contribution >= 4 is 5.91 Å². The first kappa shape index (κ1) is 24.8. The van der Waals surface area contributed by atoms with Crippen LogP contribution in [-0.2, 0) is 19.3 Å². The monoisotopic (exact) mass is 524 g/mol. The number of aromatic nitrogens is 3. The normalized spacial score (nSPS) is 12.4. The molecule has 1 aliphatic rings. The molecule has 194 valence electrons. The number of nitrogens with zero attached hydrogens (tertiary/aromatic N) is 3. The predicted molar refractivity (Wildman–Crippen MR) is 128 cm³/mol. The first-order valence-electron chi connectivity index (χ1n) is 11.3. The predicted octanol–water partition coefficient (Wildman–Crippen LogP) is 3.12. The number of nitrogens with one attached hydrogen (secondary N) is 1. The van der Waals surface area contributed by atoms with Gasteiger partial charge in [-0.15, -0.1) is 0 Å². The van der Waals surface area contributed by atoms with Gasteiger partial charge in [0.1, 0.15) is 0 Å². The van der Waals surface area contributed by atoms with Gasteiger partial charge in [-0.25, -0.2) is 4.79 Å². The Kier molecular flexibility index (Phi) is 6.45. The molecule has 1 amide bonds. The molecule has 0 saturated carbocycles. The summed E-state index contributed by atoms with van der Waals surface area (Å²) >= 11 is 0. The van der Waals surface area contributed by atoms with Crippen molar-refractivity contribution in [2.75, 3.05) is 6.79 Å². The molecule has 1 N–H and O–H groups in total. The molecule has 2 heterocycles. The molecule has 0 fully saturated rings. The van der Waals surface area contributed by atoms with Crippen LogP contribution in [0.2, 0.25) is 0 Å². The third-order valence-electron chi connectivity index (χ3n) is 5.79. The molecule has 5 rings (SSSR count). The van der Waals surface area contributed by atoms with Crippen LogP contribution >= 0.6 is 0 Å². The quantitative estimate of drug-likeness (QED) is 0.416. The van der Waals surface area contributed by atoms with Crippen LogP contribution in [0.4, 0.5) is 13.2 Å². The summed E-state index contributed by atoms with van der Waals surface area (Å²) in [5.41, 5.74) is -2.03. The van der Waals surface area contributed by atoms with Crippen LogP contribution in [0.25, 0.3) is 5.69 Å². The van der Waals surface area contributed by atoms with Gasteiger partial charge in [0, 0.05) is 6.54 Å². The number of halogens is 3. The van der Waals surface area contributed by atoms with E-state index in [1.807, 2.05) is 0 Å². The van der Waals surface area contributed by atoms with Crippen molar-refractivity contribution < 1.29 is 27.4 Å². The number of hydrogen-bond donors (Lipinski definition) is 1. The Morgan fingerprint density at radius 2 is 1.61 bits per heavy atom. The van der Waals surface area contributed by atoms with E-state index in [1.165, 1.54) is 12.1 Å². The first-order chi connectivity index (χ1) is 18.2. The highest BCUT2D eigenvalue weighted by atomic mass is 19.4. The lowest BCUT2D eigenvalue weighted by Gasteiger charge is -2.13. The number of benzene rings is 3. The van der Waals surface area contributed by atoms with E-state index in [9.17, 15) is 27.6 Å². The van der Waals surface area contributed by atoms with Gasteiger partial charge in [0.25, 0.3) is 11.5 Å². The van der Waals surface area contributed by atoms with Crippen LogP contribution in [-0.4, -0.2) is 27.0 Å². The van der Waals surface area contributed by atoms with Crippen LogP contribution in [0.5, 0.6) is 11.5 Å². The molecule has 4 aromatic rings. The van der Waals surface area contributed by atoms with Gasteiger partial charge >= 0.3 is 11.9 Å². The second kappa shape index (κ2) is 9.88. The number of carbonyl (C=O) groups is 1. The molecular weight excluding hydrogens is 505 g/mol. The summed E-state index contributed by atoms with van der Waals surface area (Å²) in [7, 11) is 0. The average molecular weight is 524 g/mol. The molecule has 0 unspecified atom stereocenters. The van der Waals surface area contributed by atoms with Crippen molar-refractivity contribution in [1.82, 2.24) is 19.7 Å². The first-order valence-corrected chi connectivity index (χ1v) is 11.3. The molecule has 3 aromatic carbocycles. The highest BCUT2D eigenvalue weighted by molar-refractivity contribution is 5.91. The zero-order valence-corrected chi connectivity index (χ0v) is 19.6. The van der Waals surface area contributed by atoms with Gasteiger partial charge in [0.2, 0.25) is 12.5 Å². The summed E-state index contributed by atoms with van der Waals surface area (Å²) in [5.74, 6) is 0.257. The van der Waals surface area contributed by atoms with Gasteiger partial charge in [0.15, 0.2) is 11.5 Å². The zero-order valence-electron chi connectivity index (χ0n) is 19.6. The van der Waals surface area contributed by atoms with Crippen molar-refractivity contribution in [2.45, 2.75) is 19.3 Å².